The van der Waals surface area contributed by atoms with E-state index in [1.807, 2.05) is 0 Å². The Morgan fingerprint density at radius 3 is 1.18 bits per heavy atom. The maximum Gasteiger partial charge on any atom is 0.252 e. The summed E-state index contributed by atoms with van der Waals surface area (Å²) in [6.07, 6.45) is 0. The van der Waals surface area contributed by atoms with Gasteiger partial charge in [0.05, 0.1) is 39.1 Å². The molecule has 4 nitrogen and oxygen atoms in total. The monoisotopic (exact) mass is 1190 g/mol. The Morgan fingerprint density at radius 2 is 0.667 bits per heavy atom. The van der Waals surface area contributed by atoms with Crippen LogP contribution in [0.2, 0.25) is 0 Å². The van der Waals surface area contributed by atoms with Crippen LogP contribution in [0.4, 0.5) is 34.1 Å². The zero-order valence-electron chi connectivity index (χ0n) is 52.0. The number of anilines is 6. The fourth-order valence-electron chi connectivity index (χ4n) is 15.5. The van der Waals surface area contributed by atoms with Crippen LogP contribution < -0.4 is 26.2 Å². The van der Waals surface area contributed by atoms with Crippen molar-refractivity contribution in [1.29, 1.82) is 0 Å². The minimum atomic E-state index is -0.308. The van der Waals surface area contributed by atoms with E-state index >= 15 is 0 Å². The lowest BCUT2D eigenvalue weighted by molar-refractivity contribution is 0.590. The maximum atomic E-state index is 2.74. The normalized spacial score (nSPS) is 12.6. The summed E-state index contributed by atoms with van der Waals surface area (Å²) >= 11 is 0. The zero-order chi connectivity index (χ0) is 61.9. The van der Waals surface area contributed by atoms with Gasteiger partial charge >= 0.3 is 0 Å². The summed E-state index contributed by atoms with van der Waals surface area (Å²) in [4.78, 5) is 5.43. The van der Waals surface area contributed by atoms with E-state index in [0.29, 0.717) is 0 Å². The Hall–Kier alpha value is -11.7. The van der Waals surface area contributed by atoms with Crippen LogP contribution in [-0.2, 0) is 5.41 Å². The average molecular weight is 1190 g/mol. The molecule has 2 aliphatic rings. The van der Waals surface area contributed by atoms with Gasteiger partial charge in [0.1, 0.15) is 0 Å². The molecular weight excluding hydrogens is 1120 g/mol. The molecule has 18 rings (SSSR count). The van der Waals surface area contributed by atoms with E-state index in [4.69, 9.17) is 0 Å². The highest BCUT2D eigenvalue weighted by atomic mass is 15.2. The molecule has 0 aliphatic carbocycles. The SMILES string of the molecule is CC(C)(C)c1cc2c3c(c1)N(c1c(-c4ccccc4)cccc1-c1ccccc1)c1c(ccc4c1c1ccccc1n4-c1cccc(-c4ccccc4)c1)B3c1ccc(-n3c4ccccc4c4ccccc43)cc1N2c1c(-c2ccccc2)cccc1-c1ccccc1. The molecule has 0 saturated carbocycles. The van der Waals surface area contributed by atoms with Gasteiger partial charge in [-0.2, -0.15) is 0 Å². The van der Waals surface area contributed by atoms with Crippen LogP contribution in [0.3, 0.4) is 0 Å². The second-order valence-corrected chi connectivity index (χ2v) is 25.9. The zero-order valence-corrected chi connectivity index (χ0v) is 52.0. The number of aromatic nitrogens is 2. The van der Waals surface area contributed by atoms with E-state index in [-0.39, 0.29) is 12.1 Å². The predicted octanol–water partition coefficient (Wildman–Crippen LogP) is 21.6. The van der Waals surface area contributed by atoms with Crippen molar-refractivity contribution in [3.8, 4) is 67.0 Å². The molecule has 0 fully saturated rings. The molecule has 0 unspecified atom stereocenters. The van der Waals surface area contributed by atoms with Crippen LogP contribution in [0.15, 0.2) is 328 Å². The molecule has 14 aromatic carbocycles. The lowest BCUT2D eigenvalue weighted by Crippen LogP contribution is -2.61. The van der Waals surface area contributed by atoms with Gasteiger partial charge in [-0.05, 0) is 121 Å². The van der Waals surface area contributed by atoms with Crippen LogP contribution in [0.25, 0.3) is 111 Å². The van der Waals surface area contributed by atoms with Crippen molar-refractivity contribution in [2.24, 2.45) is 0 Å². The maximum absolute atomic E-state index is 2.74. The van der Waals surface area contributed by atoms with Crippen molar-refractivity contribution < 1.29 is 0 Å². The highest BCUT2D eigenvalue weighted by Gasteiger charge is 2.47. The van der Waals surface area contributed by atoms with Crippen molar-refractivity contribution in [1.82, 2.24) is 9.13 Å². The molecule has 2 aliphatic heterocycles. The largest absolute Gasteiger partial charge is 0.310 e. The summed E-state index contributed by atoms with van der Waals surface area (Å²) in [5.41, 5.74) is 30.0. The van der Waals surface area contributed by atoms with Crippen LogP contribution in [0.5, 0.6) is 0 Å². The van der Waals surface area contributed by atoms with E-state index in [9.17, 15) is 0 Å². The molecule has 0 bridgehead atoms. The number of benzene rings is 14. The summed E-state index contributed by atoms with van der Waals surface area (Å²) in [6.45, 7) is 6.93. The van der Waals surface area contributed by atoms with Gasteiger partial charge in [-0.15, -0.1) is 0 Å². The molecule has 0 amide bonds. The summed E-state index contributed by atoms with van der Waals surface area (Å²) < 4.78 is 5.01. The third kappa shape index (κ3) is 8.61. The van der Waals surface area contributed by atoms with Gasteiger partial charge in [0.2, 0.25) is 0 Å². The van der Waals surface area contributed by atoms with Crippen molar-refractivity contribution in [3.05, 3.63) is 333 Å². The van der Waals surface area contributed by atoms with Gasteiger partial charge in [-0.25, -0.2) is 0 Å². The summed E-state index contributed by atoms with van der Waals surface area (Å²) in [5.74, 6) is 0. The first-order chi connectivity index (χ1) is 45.8. The van der Waals surface area contributed by atoms with E-state index in [0.717, 1.165) is 95.4 Å². The first kappa shape index (κ1) is 54.3. The lowest BCUT2D eigenvalue weighted by Gasteiger charge is -2.46. The summed E-state index contributed by atoms with van der Waals surface area (Å²) in [6, 6.07) is 122. The Kier molecular flexibility index (Phi) is 12.6. The molecule has 93 heavy (non-hydrogen) atoms. The van der Waals surface area contributed by atoms with E-state index in [1.165, 1.54) is 71.3 Å². The lowest BCUT2D eigenvalue weighted by atomic mass is 9.33. The number of rotatable bonds is 9. The smallest absolute Gasteiger partial charge is 0.252 e. The highest BCUT2D eigenvalue weighted by molar-refractivity contribution is 7.00. The molecule has 0 atom stereocenters. The third-order valence-corrected chi connectivity index (χ3v) is 19.6. The molecule has 438 valence electrons. The fourth-order valence-corrected chi connectivity index (χ4v) is 15.5. The molecule has 5 heteroatoms. The van der Waals surface area contributed by atoms with E-state index < -0.39 is 0 Å². The highest BCUT2D eigenvalue weighted by Crippen LogP contribution is 2.56. The van der Waals surface area contributed by atoms with E-state index in [1.54, 1.807) is 0 Å². The van der Waals surface area contributed by atoms with E-state index in [2.05, 4.69) is 367 Å². The third-order valence-electron chi connectivity index (χ3n) is 19.6. The summed E-state index contributed by atoms with van der Waals surface area (Å²) in [7, 11) is 0. The minimum Gasteiger partial charge on any atom is -0.310 e. The second kappa shape index (κ2) is 21.5. The quantitative estimate of drug-likeness (QED) is 0.134. The topological polar surface area (TPSA) is 16.3 Å². The van der Waals surface area contributed by atoms with Gasteiger partial charge in [-0.3, -0.25) is 0 Å². The minimum absolute atomic E-state index is 0.227. The van der Waals surface area contributed by atoms with Gasteiger partial charge in [0.15, 0.2) is 0 Å². The number of fused-ring (bicyclic) bond motifs is 11. The molecule has 0 radical (unpaired) electrons. The van der Waals surface area contributed by atoms with Crippen LogP contribution in [-0.4, -0.2) is 15.8 Å². The summed E-state index contributed by atoms with van der Waals surface area (Å²) in [5, 5.41) is 4.86. The first-order valence-corrected chi connectivity index (χ1v) is 32.4. The van der Waals surface area contributed by atoms with Crippen LogP contribution in [0, 0.1) is 0 Å². The molecule has 4 heterocycles. The Balaban J connectivity index is 1.03. The van der Waals surface area contributed by atoms with Crippen molar-refractivity contribution in [3.63, 3.8) is 0 Å². The number of nitrogens with zero attached hydrogens (tertiary/aromatic N) is 4. The number of hydrogen-bond donors (Lipinski definition) is 0. The van der Waals surface area contributed by atoms with Gasteiger partial charge in [0.25, 0.3) is 6.71 Å². The second-order valence-electron chi connectivity index (χ2n) is 25.9. The molecule has 0 N–H and O–H groups in total. The Bertz CT molecular complexity index is 5440. The standard InChI is InChI=1S/C88H63BN4/c1-88(2,3)64-55-81-84-82(56-64)93(86-69(61-34-15-7-16-35-61)45-27-46-70(86)62-36-17-8-18-37-62)87-75(52-53-79-83(87)73-42-21-24-49-78(73)91(79)65-39-25-38-63(54-65)58-28-9-4-10-29-58)89(84)74-51-50-66(90-76-47-22-19-40-71(76)72-41-20-23-48-77(72)90)57-80(74)92(81)85-67(59-30-11-5-12-31-59)43-26-44-68(85)60-32-13-6-14-33-60/h4-57H,1-3H3. The van der Waals surface area contributed by atoms with Gasteiger partial charge in [0, 0.05) is 72.2 Å². The average Bonchev–Trinajstić information content (AvgIpc) is 1.67. The Morgan fingerprint density at radius 1 is 0.269 bits per heavy atom. The fraction of sp³-hybridized carbons (Fsp3) is 0.0455. The van der Waals surface area contributed by atoms with Crippen molar-refractivity contribution in [2.75, 3.05) is 9.80 Å². The van der Waals surface area contributed by atoms with Crippen molar-refractivity contribution >= 4 is 101 Å². The Labute approximate surface area is 542 Å². The molecule has 2 aromatic heterocycles. The first-order valence-electron chi connectivity index (χ1n) is 32.4. The molecule has 16 aromatic rings. The van der Waals surface area contributed by atoms with Crippen molar-refractivity contribution in [2.45, 2.75) is 26.2 Å². The number of hydrogen-bond acceptors (Lipinski definition) is 2. The molecular formula is C88H63BN4. The van der Waals surface area contributed by atoms with Crippen LogP contribution >= 0.6 is 0 Å². The predicted molar refractivity (Wildman–Crippen MR) is 395 cm³/mol. The van der Waals surface area contributed by atoms with Gasteiger partial charge in [-0.1, -0.05) is 288 Å². The van der Waals surface area contributed by atoms with Crippen LogP contribution in [0.1, 0.15) is 26.3 Å². The molecule has 0 spiro atoms. The molecule has 0 saturated heterocycles. The number of para-hydroxylation sites is 5. The van der Waals surface area contributed by atoms with Gasteiger partial charge < -0.3 is 18.9 Å².